The topological polar surface area (TPSA) is 58.4 Å². The van der Waals surface area contributed by atoms with Gasteiger partial charge in [-0.3, -0.25) is 4.79 Å². The number of carbonyl (C=O) groups is 1. The molecule has 0 heterocycles. The van der Waals surface area contributed by atoms with E-state index in [0.717, 1.165) is 12.1 Å². The summed E-state index contributed by atoms with van der Waals surface area (Å²) in [5.74, 6) is -0.0282. The van der Waals surface area contributed by atoms with Crippen molar-refractivity contribution in [3.63, 3.8) is 0 Å². The number of benzene rings is 1. The molecule has 0 fully saturated rings. The lowest BCUT2D eigenvalue weighted by molar-refractivity contribution is -0.118. The number of nitrogens with two attached hydrogens (primary N) is 1. The average molecular weight is 284 g/mol. The molecule has 0 aliphatic rings. The van der Waals surface area contributed by atoms with Gasteiger partial charge >= 0.3 is 0 Å². The van der Waals surface area contributed by atoms with Crippen LogP contribution in [0.5, 0.6) is 0 Å². The van der Waals surface area contributed by atoms with Gasteiger partial charge in [-0.05, 0) is 24.1 Å². The predicted octanol–water partition coefficient (Wildman–Crippen LogP) is 2.72. The lowest BCUT2D eigenvalue weighted by Crippen LogP contribution is -2.40. The summed E-state index contributed by atoms with van der Waals surface area (Å²) in [6.45, 7) is 3.98. The molecule has 1 rings (SSSR count). The number of halogens is 1. The minimum absolute atomic E-state index is 0.150. The Morgan fingerprint density at radius 2 is 2.11 bits per heavy atom. The van der Waals surface area contributed by atoms with E-state index >= 15 is 0 Å². The van der Waals surface area contributed by atoms with Gasteiger partial charge in [-0.25, -0.2) is 0 Å². The van der Waals surface area contributed by atoms with E-state index in [1.807, 2.05) is 45.0 Å². The van der Waals surface area contributed by atoms with Crippen LogP contribution in [-0.2, 0) is 4.79 Å². The Kier molecular flexibility index (Phi) is 5.63. The van der Waals surface area contributed by atoms with Crippen molar-refractivity contribution in [2.75, 3.05) is 24.3 Å². The summed E-state index contributed by atoms with van der Waals surface area (Å²) >= 11 is 6.15. The Bertz CT molecular complexity index is 448. The molecule has 5 heteroatoms. The highest BCUT2D eigenvalue weighted by atomic mass is 35.5. The van der Waals surface area contributed by atoms with Gasteiger partial charge in [0.25, 0.3) is 0 Å². The SMILES string of the molecule is CCC(C)[C@H](N)C(=O)Nc1ccc(N(C)C)c(Cl)c1. The highest BCUT2D eigenvalue weighted by Gasteiger charge is 2.19. The zero-order valence-electron chi connectivity index (χ0n) is 11.9. The van der Waals surface area contributed by atoms with Gasteiger partial charge in [0.15, 0.2) is 0 Å². The smallest absolute Gasteiger partial charge is 0.241 e. The van der Waals surface area contributed by atoms with Gasteiger partial charge < -0.3 is 16.0 Å². The summed E-state index contributed by atoms with van der Waals surface area (Å²) in [5.41, 5.74) is 7.46. The van der Waals surface area contributed by atoms with Crippen LogP contribution in [0.15, 0.2) is 18.2 Å². The zero-order chi connectivity index (χ0) is 14.6. The molecule has 1 amide bonds. The third-order valence-electron chi connectivity index (χ3n) is 3.26. The molecule has 0 aliphatic carbocycles. The van der Waals surface area contributed by atoms with Crippen molar-refractivity contribution in [1.82, 2.24) is 0 Å². The largest absolute Gasteiger partial charge is 0.376 e. The molecule has 1 unspecified atom stereocenters. The van der Waals surface area contributed by atoms with Crippen LogP contribution in [0.4, 0.5) is 11.4 Å². The molecule has 0 radical (unpaired) electrons. The summed E-state index contributed by atoms with van der Waals surface area (Å²) in [7, 11) is 3.83. The Hall–Kier alpha value is -1.26. The number of carbonyl (C=O) groups excluding carboxylic acids is 1. The second-order valence-electron chi connectivity index (χ2n) is 4.96. The molecule has 106 valence electrons. The molecule has 2 atom stereocenters. The van der Waals surface area contributed by atoms with Crippen LogP contribution < -0.4 is 16.0 Å². The van der Waals surface area contributed by atoms with Gasteiger partial charge in [0, 0.05) is 19.8 Å². The Morgan fingerprint density at radius 3 is 2.58 bits per heavy atom. The fraction of sp³-hybridized carbons (Fsp3) is 0.500. The van der Waals surface area contributed by atoms with E-state index in [9.17, 15) is 4.79 Å². The van der Waals surface area contributed by atoms with E-state index < -0.39 is 6.04 Å². The minimum atomic E-state index is -0.502. The summed E-state index contributed by atoms with van der Waals surface area (Å²) in [5, 5.41) is 3.39. The average Bonchev–Trinajstić information content (AvgIpc) is 2.36. The van der Waals surface area contributed by atoms with Gasteiger partial charge in [0.2, 0.25) is 5.91 Å². The van der Waals surface area contributed by atoms with Gasteiger partial charge in [-0.1, -0.05) is 31.9 Å². The Labute approximate surface area is 119 Å². The molecule has 3 N–H and O–H groups in total. The first kappa shape index (κ1) is 15.8. The first-order valence-corrected chi connectivity index (χ1v) is 6.78. The van der Waals surface area contributed by atoms with E-state index in [1.54, 1.807) is 6.07 Å². The molecule has 0 saturated heterocycles. The van der Waals surface area contributed by atoms with Crippen LogP contribution in [0.2, 0.25) is 5.02 Å². The molecule has 19 heavy (non-hydrogen) atoms. The minimum Gasteiger partial charge on any atom is -0.376 e. The molecule has 1 aromatic carbocycles. The summed E-state index contributed by atoms with van der Waals surface area (Å²) in [6, 6.07) is 4.92. The second kappa shape index (κ2) is 6.78. The molecule has 1 aromatic rings. The Balaban J connectivity index is 2.78. The molecule has 0 saturated carbocycles. The third kappa shape index (κ3) is 4.11. The normalized spacial score (nSPS) is 13.8. The fourth-order valence-corrected chi connectivity index (χ4v) is 2.03. The zero-order valence-corrected chi connectivity index (χ0v) is 12.7. The maximum atomic E-state index is 12.0. The maximum absolute atomic E-state index is 12.0. The lowest BCUT2D eigenvalue weighted by atomic mass is 9.99. The van der Waals surface area contributed by atoms with Crippen molar-refractivity contribution >= 4 is 28.9 Å². The van der Waals surface area contributed by atoms with Gasteiger partial charge in [0.05, 0.1) is 16.8 Å². The summed E-state index contributed by atoms with van der Waals surface area (Å²) in [4.78, 5) is 13.9. The van der Waals surface area contributed by atoms with Crippen LogP contribution in [0.25, 0.3) is 0 Å². The van der Waals surface area contributed by atoms with Crippen LogP contribution in [0, 0.1) is 5.92 Å². The van der Waals surface area contributed by atoms with Crippen LogP contribution in [0.1, 0.15) is 20.3 Å². The molecule has 0 bridgehead atoms. The van der Waals surface area contributed by atoms with Crippen molar-refractivity contribution in [3.8, 4) is 0 Å². The first-order chi connectivity index (χ1) is 8.86. The predicted molar refractivity (Wildman–Crippen MR) is 81.8 cm³/mol. The number of anilines is 2. The van der Waals surface area contributed by atoms with Crippen molar-refractivity contribution in [3.05, 3.63) is 23.2 Å². The van der Waals surface area contributed by atoms with E-state index in [2.05, 4.69) is 5.32 Å². The first-order valence-electron chi connectivity index (χ1n) is 6.40. The molecular weight excluding hydrogens is 262 g/mol. The highest BCUT2D eigenvalue weighted by Crippen LogP contribution is 2.27. The highest BCUT2D eigenvalue weighted by molar-refractivity contribution is 6.33. The molecule has 4 nitrogen and oxygen atoms in total. The van der Waals surface area contributed by atoms with Gasteiger partial charge in [-0.2, -0.15) is 0 Å². The quantitative estimate of drug-likeness (QED) is 0.873. The standard InChI is InChI=1S/C14H22ClN3O/c1-5-9(2)13(16)14(19)17-10-6-7-12(18(3)4)11(15)8-10/h6-9,13H,5,16H2,1-4H3,(H,17,19)/t9?,13-/m0/s1. The van der Waals surface area contributed by atoms with Crippen molar-refractivity contribution in [2.45, 2.75) is 26.3 Å². The molecule has 0 spiro atoms. The number of amides is 1. The molecular formula is C14H22ClN3O. The molecule has 0 aromatic heterocycles. The summed E-state index contributed by atoms with van der Waals surface area (Å²) < 4.78 is 0. The van der Waals surface area contributed by atoms with Crippen LogP contribution in [-0.4, -0.2) is 26.0 Å². The second-order valence-corrected chi connectivity index (χ2v) is 5.37. The summed E-state index contributed by atoms with van der Waals surface area (Å²) in [6.07, 6.45) is 0.870. The van der Waals surface area contributed by atoms with E-state index in [1.165, 1.54) is 0 Å². The molecule has 0 aliphatic heterocycles. The monoisotopic (exact) mass is 283 g/mol. The maximum Gasteiger partial charge on any atom is 0.241 e. The van der Waals surface area contributed by atoms with E-state index in [-0.39, 0.29) is 11.8 Å². The third-order valence-corrected chi connectivity index (χ3v) is 3.56. The lowest BCUT2D eigenvalue weighted by Gasteiger charge is -2.19. The van der Waals surface area contributed by atoms with Gasteiger partial charge in [0.1, 0.15) is 0 Å². The van der Waals surface area contributed by atoms with E-state index in [0.29, 0.717) is 10.7 Å². The van der Waals surface area contributed by atoms with Crippen LogP contribution in [0.3, 0.4) is 0 Å². The number of nitrogens with zero attached hydrogens (tertiary/aromatic N) is 1. The van der Waals surface area contributed by atoms with Gasteiger partial charge in [-0.15, -0.1) is 0 Å². The number of hydrogen-bond acceptors (Lipinski definition) is 3. The number of hydrogen-bond donors (Lipinski definition) is 2. The Morgan fingerprint density at radius 1 is 1.47 bits per heavy atom. The number of rotatable bonds is 5. The van der Waals surface area contributed by atoms with Crippen molar-refractivity contribution < 1.29 is 4.79 Å². The van der Waals surface area contributed by atoms with E-state index in [4.69, 9.17) is 17.3 Å². The van der Waals surface area contributed by atoms with Crippen LogP contribution >= 0.6 is 11.6 Å². The van der Waals surface area contributed by atoms with Crippen molar-refractivity contribution in [2.24, 2.45) is 11.7 Å². The van der Waals surface area contributed by atoms with Crippen molar-refractivity contribution in [1.29, 1.82) is 0 Å². The number of nitrogens with one attached hydrogen (secondary N) is 1. The fourth-order valence-electron chi connectivity index (χ4n) is 1.69.